The highest BCUT2D eigenvalue weighted by Crippen LogP contribution is 2.37. The van der Waals surface area contributed by atoms with E-state index in [1.54, 1.807) is 7.11 Å². The highest BCUT2D eigenvalue weighted by atomic mass is 16.5. The van der Waals surface area contributed by atoms with Gasteiger partial charge < -0.3 is 4.74 Å². The van der Waals surface area contributed by atoms with Gasteiger partial charge >= 0.3 is 0 Å². The maximum absolute atomic E-state index is 5.21. The summed E-state index contributed by atoms with van der Waals surface area (Å²) < 4.78 is 5.21. The molecule has 0 saturated carbocycles. The summed E-state index contributed by atoms with van der Waals surface area (Å²) in [6.07, 6.45) is 0. The van der Waals surface area contributed by atoms with Crippen LogP contribution in [0.4, 0.5) is 0 Å². The fraction of sp³-hybridized carbons (Fsp3) is 0.250. The summed E-state index contributed by atoms with van der Waals surface area (Å²) in [5.41, 5.74) is 4.18. The molecule has 1 aliphatic rings. The van der Waals surface area contributed by atoms with Crippen LogP contribution in [0.1, 0.15) is 22.7 Å². The summed E-state index contributed by atoms with van der Waals surface area (Å²) >= 11 is 0. The Balaban J connectivity index is 2.00. The number of hydrogen-bond donors (Lipinski definition) is 0. The average Bonchev–Trinajstić information content (AvgIpc) is 2.75. The van der Waals surface area contributed by atoms with Crippen molar-refractivity contribution in [1.29, 1.82) is 0 Å². The minimum atomic E-state index is 0.368. The highest BCUT2D eigenvalue weighted by molar-refractivity contribution is 5.42. The summed E-state index contributed by atoms with van der Waals surface area (Å²) in [7, 11) is 3.88. The number of ether oxygens (including phenoxy) is 1. The fourth-order valence-corrected chi connectivity index (χ4v) is 2.76. The van der Waals surface area contributed by atoms with Gasteiger partial charge in [0.05, 0.1) is 13.2 Å². The van der Waals surface area contributed by atoms with E-state index in [9.17, 15) is 0 Å². The standard InChI is InChI=1S/C16H17NO/c1-17-11-13-5-3-4-6-15(13)16(17)12-7-9-14(18-2)10-8-12/h3-10,16H,11H2,1-2H3. The molecule has 2 heteroatoms. The van der Waals surface area contributed by atoms with Gasteiger partial charge in [-0.3, -0.25) is 4.90 Å². The van der Waals surface area contributed by atoms with Crippen LogP contribution < -0.4 is 4.74 Å². The molecule has 1 unspecified atom stereocenters. The molecule has 2 aromatic carbocycles. The molecular weight excluding hydrogens is 222 g/mol. The molecule has 0 aliphatic carbocycles. The Kier molecular flexibility index (Phi) is 2.80. The molecule has 3 rings (SSSR count). The monoisotopic (exact) mass is 239 g/mol. The second kappa shape index (κ2) is 4.46. The van der Waals surface area contributed by atoms with Crippen molar-refractivity contribution in [3.63, 3.8) is 0 Å². The summed E-state index contributed by atoms with van der Waals surface area (Å²) in [6.45, 7) is 1.02. The number of hydrogen-bond acceptors (Lipinski definition) is 2. The van der Waals surface area contributed by atoms with Crippen LogP contribution in [0.5, 0.6) is 5.75 Å². The van der Waals surface area contributed by atoms with E-state index in [0.717, 1.165) is 12.3 Å². The van der Waals surface area contributed by atoms with Crippen LogP contribution in [0.2, 0.25) is 0 Å². The van der Waals surface area contributed by atoms with Crippen LogP contribution >= 0.6 is 0 Å². The van der Waals surface area contributed by atoms with Crippen LogP contribution in [0.15, 0.2) is 48.5 Å². The van der Waals surface area contributed by atoms with Crippen molar-refractivity contribution in [1.82, 2.24) is 4.90 Å². The third-order valence-corrected chi connectivity index (χ3v) is 3.64. The molecule has 0 N–H and O–H groups in total. The molecule has 0 amide bonds. The van der Waals surface area contributed by atoms with E-state index in [1.807, 2.05) is 12.1 Å². The van der Waals surface area contributed by atoms with Crippen molar-refractivity contribution >= 4 is 0 Å². The Morgan fingerprint density at radius 2 is 1.78 bits per heavy atom. The normalized spacial score (nSPS) is 18.7. The lowest BCUT2D eigenvalue weighted by Gasteiger charge is -2.21. The van der Waals surface area contributed by atoms with Crippen molar-refractivity contribution < 1.29 is 4.74 Å². The molecule has 0 radical (unpaired) electrons. The SMILES string of the molecule is COc1ccc(C2c3ccccc3CN2C)cc1. The maximum atomic E-state index is 5.21. The van der Waals surface area contributed by atoms with Gasteiger partial charge in [-0.05, 0) is 35.9 Å². The first-order chi connectivity index (χ1) is 8.79. The van der Waals surface area contributed by atoms with Gasteiger partial charge in [0.2, 0.25) is 0 Å². The van der Waals surface area contributed by atoms with Crippen LogP contribution in [0.25, 0.3) is 0 Å². The Hall–Kier alpha value is -1.80. The zero-order valence-corrected chi connectivity index (χ0v) is 10.8. The first kappa shape index (κ1) is 11.3. The summed E-state index contributed by atoms with van der Waals surface area (Å²) in [5, 5.41) is 0. The molecule has 0 bridgehead atoms. The maximum Gasteiger partial charge on any atom is 0.118 e. The lowest BCUT2D eigenvalue weighted by Crippen LogP contribution is -2.17. The lowest BCUT2D eigenvalue weighted by atomic mass is 9.98. The van der Waals surface area contributed by atoms with E-state index < -0.39 is 0 Å². The molecule has 2 aromatic rings. The molecule has 1 aliphatic heterocycles. The molecule has 1 atom stereocenters. The number of methoxy groups -OCH3 is 1. The van der Waals surface area contributed by atoms with Crippen LogP contribution in [-0.2, 0) is 6.54 Å². The minimum absolute atomic E-state index is 0.368. The van der Waals surface area contributed by atoms with Crippen molar-refractivity contribution in [3.05, 3.63) is 65.2 Å². The molecule has 1 heterocycles. The molecule has 0 aromatic heterocycles. The molecule has 0 spiro atoms. The fourth-order valence-electron chi connectivity index (χ4n) is 2.76. The van der Waals surface area contributed by atoms with Gasteiger partial charge in [0.15, 0.2) is 0 Å². The van der Waals surface area contributed by atoms with Gasteiger partial charge in [-0.25, -0.2) is 0 Å². The van der Waals surface area contributed by atoms with Crippen molar-refractivity contribution in [2.24, 2.45) is 0 Å². The Bertz CT molecular complexity index is 547. The average molecular weight is 239 g/mol. The molecule has 0 saturated heterocycles. The van der Waals surface area contributed by atoms with Gasteiger partial charge in [0, 0.05) is 6.54 Å². The quantitative estimate of drug-likeness (QED) is 0.797. The third-order valence-electron chi connectivity index (χ3n) is 3.64. The molecule has 18 heavy (non-hydrogen) atoms. The topological polar surface area (TPSA) is 12.5 Å². The van der Waals surface area contributed by atoms with Crippen molar-refractivity contribution in [2.75, 3.05) is 14.2 Å². The van der Waals surface area contributed by atoms with E-state index in [0.29, 0.717) is 6.04 Å². The highest BCUT2D eigenvalue weighted by Gasteiger charge is 2.27. The summed E-state index contributed by atoms with van der Waals surface area (Å²) in [4.78, 5) is 2.38. The zero-order chi connectivity index (χ0) is 12.5. The van der Waals surface area contributed by atoms with Crippen LogP contribution in [0.3, 0.4) is 0 Å². The van der Waals surface area contributed by atoms with Gasteiger partial charge in [-0.2, -0.15) is 0 Å². The Labute approximate surface area is 108 Å². The summed E-state index contributed by atoms with van der Waals surface area (Å²) in [5.74, 6) is 0.910. The number of rotatable bonds is 2. The van der Waals surface area contributed by atoms with E-state index in [-0.39, 0.29) is 0 Å². The van der Waals surface area contributed by atoms with E-state index in [4.69, 9.17) is 4.74 Å². The predicted octanol–water partition coefficient (Wildman–Crippen LogP) is 3.23. The minimum Gasteiger partial charge on any atom is -0.497 e. The van der Waals surface area contributed by atoms with Crippen LogP contribution in [0, 0.1) is 0 Å². The van der Waals surface area contributed by atoms with Gasteiger partial charge in [0.1, 0.15) is 5.75 Å². The number of benzene rings is 2. The third kappa shape index (κ3) is 1.79. The number of fused-ring (bicyclic) bond motifs is 1. The van der Waals surface area contributed by atoms with E-state index in [2.05, 4.69) is 48.3 Å². The predicted molar refractivity (Wildman–Crippen MR) is 72.7 cm³/mol. The second-order valence-electron chi connectivity index (χ2n) is 4.79. The lowest BCUT2D eigenvalue weighted by molar-refractivity contribution is 0.304. The summed E-state index contributed by atoms with van der Waals surface area (Å²) in [6, 6.07) is 17.4. The Morgan fingerprint density at radius 1 is 1.06 bits per heavy atom. The first-order valence-corrected chi connectivity index (χ1v) is 6.21. The molecule has 92 valence electrons. The number of nitrogens with zero attached hydrogens (tertiary/aromatic N) is 1. The smallest absolute Gasteiger partial charge is 0.118 e. The van der Waals surface area contributed by atoms with Crippen molar-refractivity contribution in [2.45, 2.75) is 12.6 Å². The van der Waals surface area contributed by atoms with Gasteiger partial charge in [-0.15, -0.1) is 0 Å². The van der Waals surface area contributed by atoms with E-state index in [1.165, 1.54) is 16.7 Å². The van der Waals surface area contributed by atoms with Crippen molar-refractivity contribution in [3.8, 4) is 5.75 Å². The molecule has 0 fully saturated rings. The Morgan fingerprint density at radius 3 is 2.50 bits per heavy atom. The second-order valence-corrected chi connectivity index (χ2v) is 4.79. The largest absolute Gasteiger partial charge is 0.497 e. The van der Waals surface area contributed by atoms with Gasteiger partial charge in [-0.1, -0.05) is 36.4 Å². The van der Waals surface area contributed by atoms with Gasteiger partial charge in [0.25, 0.3) is 0 Å². The zero-order valence-electron chi connectivity index (χ0n) is 10.8. The first-order valence-electron chi connectivity index (χ1n) is 6.21. The molecular formula is C16H17NO. The molecule has 2 nitrogen and oxygen atoms in total. The van der Waals surface area contributed by atoms with E-state index >= 15 is 0 Å². The van der Waals surface area contributed by atoms with Crippen LogP contribution in [-0.4, -0.2) is 19.1 Å².